The smallest absolute Gasteiger partial charge is 0.287 e. The van der Waals surface area contributed by atoms with Gasteiger partial charge >= 0.3 is 0 Å². The Bertz CT molecular complexity index is 1400. The van der Waals surface area contributed by atoms with Gasteiger partial charge in [-0.25, -0.2) is 4.98 Å². The third-order valence-electron chi connectivity index (χ3n) is 5.07. The van der Waals surface area contributed by atoms with E-state index < -0.39 is 11.9 Å². The number of nitrogens with zero attached hydrogens (tertiary/aromatic N) is 3. The van der Waals surface area contributed by atoms with Crippen LogP contribution in [0.4, 0.5) is 0 Å². The molecule has 0 spiro atoms. The molecule has 0 radical (unpaired) electrons. The Kier molecular flexibility index (Phi) is 4.85. The summed E-state index contributed by atoms with van der Waals surface area (Å²) in [6.45, 7) is -0.268. The average Bonchev–Trinajstić information content (AvgIpc) is 3.39. The second-order valence-corrected chi connectivity index (χ2v) is 7.51. The Morgan fingerprint density at radius 2 is 1.97 bits per heavy atom. The number of pyridine rings is 1. The number of aliphatic hydroxyl groups is 1. The molecule has 0 bridgehead atoms. The third-order valence-corrected chi connectivity index (χ3v) is 5.31. The fourth-order valence-corrected chi connectivity index (χ4v) is 3.74. The summed E-state index contributed by atoms with van der Waals surface area (Å²) in [6, 6.07) is 13.9. The number of nitrogens with one attached hydrogen (secondary N) is 3. The van der Waals surface area contributed by atoms with E-state index >= 15 is 0 Å². The van der Waals surface area contributed by atoms with Crippen LogP contribution >= 0.6 is 11.6 Å². The van der Waals surface area contributed by atoms with Crippen molar-refractivity contribution in [3.63, 3.8) is 0 Å². The predicted octanol–water partition coefficient (Wildman–Crippen LogP) is 3.62. The van der Waals surface area contributed by atoms with Gasteiger partial charge in [0.05, 0.1) is 29.2 Å². The number of fused-ring (bicyclic) bond motifs is 2. The van der Waals surface area contributed by atoms with Gasteiger partial charge in [0.2, 0.25) is 0 Å². The zero-order chi connectivity index (χ0) is 21.4. The van der Waals surface area contributed by atoms with Gasteiger partial charge in [0.1, 0.15) is 5.69 Å². The van der Waals surface area contributed by atoms with Crippen molar-refractivity contribution in [2.24, 2.45) is 0 Å². The molecule has 0 saturated heterocycles. The molecule has 5 rings (SSSR count). The van der Waals surface area contributed by atoms with E-state index in [-0.39, 0.29) is 12.4 Å². The number of rotatable bonds is 5. The predicted molar refractivity (Wildman–Crippen MR) is 118 cm³/mol. The van der Waals surface area contributed by atoms with Gasteiger partial charge < -0.3 is 15.4 Å². The van der Waals surface area contributed by atoms with Crippen molar-refractivity contribution in [3.8, 4) is 11.3 Å². The lowest BCUT2D eigenvalue weighted by Gasteiger charge is -2.16. The van der Waals surface area contributed by atoms with Crippen LogP contribution in [-0.4, -0.2) is 42.8 Å². The molecule has 3 heterocycles. The summed E-state index contributed by atoms with van der Waals surface area (Å²) in [5.41, 5.74) is 4.59. The minimum Gasteiger partial charge on any atom is -0.394 e. The molecule has 0 aliphatic heterocycles. The van der Waals surface area contributed by atoms with Crippen molar-refractivity contribution in [1.29, 1.82) is 0 Å². The van der Waals surface area contributed by atoms with Gasteiger partial charge in [0.25, 0.3) is 5.91 Å². The van der Waals surface area contributed by atoms with Crippen LogP contribution in [0.2, 0.25) is 5.02 Å². The van der Waals surface area contributed by atoms with Gasteiger partial charge in [0.15, 0.2) is 5.82 Å². The summed E-state index contributed by atoms with van der Waals surface area (Å²) in [4.78, 5) is 24.3. The van der Waals surface area contributed by atoms with E-state index in [9.17, 15) is 9.90 Å². The number of halogens is 1. The summed E-state index contributed by atoms with van der Waals surface area (Å²) < 4.78 is 0. The van der Waals surface area contributed by atoms with E-state index in [4.69, 9.17) is 11.6 Å². The van der Waals surface area contributed by atoms with Gasteiger partial charge in [-0.05, 0) is 42.0 Å². The molecule has 0 fully saturated rings. The lowest BCUT2D eigenvalue weighted by atomic mass is 10.1. The first-order valence-corrected chi connectivity index (χ1v) is 9.95. The first-order valence-electron chi connectivity index (χ1n) is 9.58. The fraction of sp³-hybridized carbons (Fsp3) is 0.0909. The average molecular weight is 433 g/mol. The number of H-pyrrole nitrogens is 2. The molecule has 1 unspecified atom stereocenters. The van der Waals surface area contributed by atoms with E-state index in [1.165, 1.54) is 0 Å². The maximum absolute atomic E-state index is 12.8. The Morgan fingerprint density at radius 3 is 2.74 bits per heavy atom. The Balaban J connectivity index is 1.47. The van der Waals surface area contributed by atoms with Crippen LogP contribution in [0.1, 0.15) is 22.2 Å². The van der Waals surface area contributed by atoms with Crippen molar-refractivity contribution in [2.45, 2.75) is 6.04 Å². The van der Waals surface area contributed by atoms with Crippen LogP contribution in [0.5, 0.6) is 0 Å². The van der Waals surface area contributed by atoms with Gasteiger partial charge in [-0.1, -0.05) is 23.7 Å². The van der Waals surface area contributed by atoms with Gasteiger partial charge in [-0.3, -0.25) is 14.9 Å². The Labute approximate surface area is 181 Å². The summed E-state index contributed by atoms with van der Waals surface area (Å²) in [7, 11) is 0. The molecule has 3 aromatic heterocycles. The van der Waals surface area contributed by atoms with Crippen LogP contribution in [-0.2, 0) is 0 Å². The number of carbonyl (C=O) groups is 1. The molecule has 8 nitrogen and oxygen atoms in total. The summed E-state index contributed by atoms with van der Waals surface area (Å²) in [5.74, 6) is -0.270. The van der Waals surface area contributed by atoms with E-state index in [0.717, 1.165) is 22.2 Å². The maximum atomic E-state index is 12.8. The lowest BCUT2D eigenvalue weighted by Crippen LogP contribution is -2.31. The minimum absolute atomic E-state index is 0.154. The van der Waals surface area contributed by atoms with Gasteiger partial charge in [0, 0.05) is 28.4 Å². The number of carbonyl (C=O) groups excluding carboxylic acids is 1. The minimum atomic E-state index is -0.600. The van der Waals surface area contributed by atoms with E-state index in [1.54, 1.807) is 36.7 Å². The largest absolute Gasteiger partial charge is 0.394 e. The first-order chi connectivity index (χ1) is 15.1. The van der Waals surface area contributed by atoms with Crippen molar-refractivity contribution in [3.05, 3.63) is 77.3 Å². The van der Waals surface area contributed by atoms with Crippen LogP contribution in [0.25, 0.3) is 33.2 Å². The highest BCUT2D eigenvalue weighted by Gasteiger charge is 2.19. The molecule has 9 heteroatoms. The van der Waals surface area contributed by atoms with Crippen LogP contribution in [0, 0.1) is 0 Å². The molecular weight excluding hydrogens is 416 g/mol. The number of imidazole rings is 1. The van der Waals surface area contributed by atoms with Gasteiger partial charge in [-0.2, -0.15) is 5.10 Å². The Morgan fingerprint density at radius 1 is 1.13 bits per heavy atom. The summed E-state index contributed by atoms with van der Waals surface area (Å²) >= 11 is 6.03. The summed E-state index contributed by atoms with van der Waals surface area (Å²) in [5, 5.41) is 21.4. The second kappa shape index (κ2) is 7.82. The number of aromatic nitrogens is 5. The van der Waals surface area contributed by atoms with Crippen LogP contribution < -0.4 is 5.32 Å². The molecule has 1 atom stereocenters. The van der Waals surface area contributed by atoms with Crippen LogP contribution in [0.15, 0.2) is 60.9 Å². The number of hydrogen-bond donors (Lipinski definition) is 4. The normalized spacial score (nSPS) is 12.3. The second-order valence-electron chi connectivity index (χ2n) is 7.07. The van der Waals surface area contributed by atoms with Crippen molar-refractivity contribution < 1.29 is 9.90 Å². The number of benzene rings is 2. The van der Waals surface area contributed by atoms with Crippen molar-refractivity contribution in [2.75, 3.05) is 6.61 Å². The highest BCUT2D eigenvalue weighted by molar-refractivity contribution is 6.30. The number of amides is 1. The fourth-order valence-electron chi connectivity index (χ4n) is 3.54. The zero-order valence-corrected chi connectivity index (χ0v) is 16.9. The number of aromatic amines is 2. The Hall–Kier alpha value is -3.75. The standard InChI is InChI=1S/C22H17ClN6O2/c23-14-3-1-2-13(8-14)19(11-30)27-22(31)21-25-17-9-15-16(10-18(17)26-21)28-29-20(15)12-4-6-24-7-5-12/h1-10,19,30H,11H2,(H,25,26)(H,27,31)(H,28,29). The molecule has 5 aromatic rings. The number of hydrogen-bond acceptors (Lipinski definition) is 5. The van der Waals surface area contributed by atoms with E-state index in [1.807, 2.05) is 24.3 Å². The molecule has 31 heavy (non-hydrogen) atoms. The van der Waals surface area contributed by atoms with Crippen molar-refractivity contribution >= 4 is 39.4 Å². The molecule has 1 amide bonds. The van der Waals surface area contributed by atoms with E-state index in [2.05, 4.69) is 30.5 Å². The molecular formula is C22H17ClN6O2. The van der Waals surface area contributed by atoms with Crippen LogP contribution in [0.3, 0.4) is 0 Å². The highest BCUT2D eigenvalue weighted by atomic mass is 35.5. The lowest BCUT2D eigenvalue weighted by molar-refractivity contribution is 0.0907. The monoisotopic (exact) mass is 432 g/mol. The molecule has 0 saturated carbocycles. The molecule has 4 N–H and O–H groups in total. The quantitative estimate of drug-likeness (QED) is 0.338. The summed E-state index contributed by atoms with van der Waals surface area (Å²) in [6.07, 6.45) is 3.42. The SMILES string of the molecule is O=C(NC(CO)c1cccc(Cl)c1)c1nc2cc3c(-c4ccncc4)n[nH]c3cc2[nH]1. The van der Waals surface area contributed by atoms with Gasteiger partial charge in [-0.15, -0.1) is 0 Å². The van der Waals surface area contributed by atoms with Crippen molar-refractivity contribution in [1.82, 2.24) is 30.5 Å². The molecule has 2 aromatic carbocycles. The topological polar surface area (TPSA) is 120 Å². The first kappa shape index (κ1) is 19.2. The molecule has 154 valence electrons. The number of aliphatic hydroxyl groups excluding tert-OH is 1. The van der Waals surface area contributed by atoms with E-state index in [0.29, 0.717) is 21.6 Å². The molecule has 0 aliphatic rings. The highest BCUT2D eigenvalue weighted by Crippen LogP contribution is 2.29. The maximum Gasteiger partial charge on any atom is 0.287 e. The zero-order valence-electron chi connectivity index (χ0n) is 16.1. The third kappa shape index (κ3) is 3.63. The molecule has 0 aliphatic carbocycles.